The predicted molar refractivity (Wildman–Crippen MR) is 119 cm³/mol. The van der Waals surface area contributed by atoms with E-state index in [2.05, 4.69) is 29.6 Å². The summed E-state index contributed by atoms with van der Waals surface area (Å²) in [5.74, 6) is 0.899. The standard InChI is InChI=1S/C21H24N6O3S/c28-31(29,19-15-23-20-17(19)6-3-8-22-20)24-9-4-10-26-11-13-27(14-12-26)21-16-5-1-2-7-18(16)30-25-21/h1-3,5-8,15,24H,4,9-14H2,(H,22,23). The Bertz CT molecular complexity index is 1290. The first-order valence-corrected chi connectivity index (χ1v) is 11.8. The Hall–Kier alpha value is -2.95. The number of fused-ring (bicyclic) bond motifs is 2. The van der Waals surface area contributed by atoms with E-state index in [0.29, 0.717) is 17.6 Å². The Kier molecular flexibility index (Phi) is 5.34. The van der Waals surface area contributed by atoms with Crippen LogP contribution in [0.3, 0.4) is 0 Å². The molecule has 4 aromatic rings. The number of anilines is 1. The second-order valence-electron chi connectivity index (χ2n) is 7.63. The van der Waals surface area contributed by atoms with E-state index < -0.39 is 10.0 Å². The highest BCUT2D eigenvalue weighted by atomic mass is 32.2. The van der Waals surface area contributed by atoms with Crippen molar-refractivity contribution in [2.45, 2.75) is 11.3 Å². The summed E-state index contributed by atoms with van der Waals surface area (Å²) < 4.78 is 33.4. The number of sulfonamides is 1. The minimum Gasteiger partial charge on any atom is -0.354 e. The lowest BCUT2D eigenvalue weighted by Gasteiger charge is -2.34. The number of nitrogens with one attached hydrogen (secondary N) is 2. The van der Waals surface area contributed by atoms with Gasteiger partial charge in [0.05, 0.1) is 5.39 Å². The average molecular weight is 441 g/mol. The molecular weight excluding hydrogens is 416 g/mol. The van der Waals surface area contributed by atoms with Gasteiger partial charge in [-0.1, -0.05) is 17.3 Å². The summed E-state index contributed by atoms with van der Waals surface area (Å²) in [6.45, 7) is 4.77. The Balaban J connectivity index is 1.11. The van der Waals surface area contributed by atoms with E-state index in [4.69, 9.17) is 4.52 Å². The summed E-state index contributed by atoms with van der Waals surface area (Å²) in [6, 6.07) is 11.4. The van der Waals surface area contributed by atoms with Crippen molar-refractivity contribution in [1.82, 2.24) is 24.7 Å². The van der Waals surface area contributed by atoms with Crippen molar-refractivity contribution in [2.75, 3.05) is 44.2 Å². The van der Waals surface area contributed by atoms with E-state index in [1.165, 1.54) is 6.20 Å². The maximum absolute atomic E-state index is 12.6. The first-order valence-electron chi connectivity index (χ1n) is 10.4. The smallest absolute Gasteiger partial charge is 0.242 e. The van der Waals surface area contributed by atoms with Gasteiger partial charge in [-0.25, -0.2) is 18.1 Å². The molecule has 0 amide bonds. The number of H-pyrrole nitrogens is 1. The molecule has 0 radical (unpaired) electrons. The van der Waals surface area contributed by atoms with Gasteiger partial charge in [0, 0.05) is 50.5 Å². The highest BCUT2D eigenvalue weighted by Gasteiger charge is 2.22. The molecule has 3 aromatic heterocycles. The second kappa shape index (κ2) is 8.29. The highest BCUT2D eigenvalue weighted by Crippen LogP contribution is 2.26. The van der Waals surface area contributed by atoms with E-state index in [1.54, 1.807) is 18.3 Å². The Morgan fingerprint density at radius 2 is 1.87 bits per heavy atom. The zero-order valence-corrected chi connectivity index (χ0v) is 17.8. The number of hydrogen-bond acceptors (Lipinski definition) is 7. The minimum absolute atomic E-state index is 0.240. The van der Waals surface area contributed by atoms with Crippen LogP contribution < -0.4 is 9.62 Å². The van der Waals surface area contributed by atoms with Crippen LogP contribution >= 0.6 is 0 Å². The number of nitrogens with zero attached hydrogens (tertiary/aromatic N) is 4. The molecule has 5 rings (SSSR count). The summed E-state index contributed by atoms with van der Waals surface area (Å²) in [5.41, 5.74) is 1.37. The van der Waals surface area contributed by atoms with Crippen molar-refractivity contribution in [3.8, 4) is 0 Å². The largest absolute Gasteiger partial charge is 0.354 e. The number of hydrogen-bond donors (Lipinski definition) is 2. The van der Waals surface area contributed by atoms with Crippen LogP contribution in [-0.2, 0) is 10.0 Å². The molecule has 1 aliphatic rings. The third-order valence-corrected chi connectivity index (χ3v) is 7.18. The lowest BCUT2D eigenvalue weighted by Crippen LogP contribution is -2.47. The highest BCUT2D eigenvalue weighted by molar-refractivity contribution is 7.89. The number of piperazine rings is 1. The van der Waals surface area contributed by atoms with E-state index in [-0.39, 0.29) is 4.90 Å². The molecule has 1 aromatic carbocycles. The van der Waals surface area contributed by atoms with Crippen molar-refractivity contribution in [1.29, 1.82) is 0 Å². The van der Waals surface area contributed by atoms with Crippen LogP contribution in [0.15, 0.2) is 58.2 Å². The predicted octanol–water partition coefficient (Wildman–Crippen LogP) is 2.19. The number of rotatable bonds is 7. The Morgan fingerprint density at radius 3 is 2.74 bits per heavy atom. The van der Waals surface area contributed by atoms with Gasteiger partial charge in [-0.3, -0.25) is 4.90 Å². The van der Waals surface area contributed by atoms with E-state index in [1.807, 2.05) is 24.3 Å². The zero-order valence-electron chi connectivity index (χ0n) is 17.0. The van der Waals surface area contributed by atoms with Crippen molar-refractivity contribution in [2.24, 2.45) is 0 Å². The number of benzene rings is 1. The molecule has 2 N–H and O–H groups in total. The number of para-hydroxylation sites is 1. The van der Waals surface area contributed by atoms with Crippen LogP contribution in [0.1, 0.15) is 6.42 Å². The average Bonchev–Trinajstić information content (AvgIpc) is 3.42. The fourth-order valence-electron chi connectivity index (χ4n) is 4.02. The summed E-state index contributed by atoms with van der Waals surface area (Å²) in [6.07, 6.45) is 3.87. The molecule has 0 saturated carbocycles. The van der Waals surface area contributed by atoms with Crippen LogP contribution in [0.5, 0.6) is 0 Å². The molecule has 0 unspecified atom stereocenters. The summed E-state index contributed by atoms with van der Waals surface area (Å²) in [5, 5.41) is 5.88. The van der Waals surface area contributed by atoms with Gasteiger partial charge in [-0.05, 0) is 37.2 Å². The van der Waals surface area contributed by atoms with E-state index in [9.17, 15) is 8.42 Å². The molecule has 1 aliphatic heterocycles. The summed E-state index contributed by atoms with van der Waals surface area (Å²) >= 11 is 0. The lowest BCUT2D eigenvalue weighted by atomic mass is 10.2. The number of pyridine rings is 1. The van der Waals surface area contributed by atoms with Crippen LogP contribution in [0, 0.1) is 0 Å². The quantitative estimate of drug-likeness (QED) is 0.424. The molecule has 0 bridgehead atoms. The normalized spacial score (nSPS) is 15.8. The molecule has 162 valence electrons. The van der Waals surface area contributed by atoms with Crippen molar-refractivity contribution in [3.63, 3.8) is 0 Å². The van der Waals surface area contributed by atoms with Crippen LogP contribution in [-0.4, -0.2) is 67.7 Å². The molecule has 0 aliphatic carbocycles. The first-order chi connectivity index (χ1) is 15.1. The molecule has 1 saturated heterocycles. The molecule has 0 spiro atoms. The van der Waals surface area contributed by atoms with Crippen LogP contribution in [0.4, 0.5) is 5.82 Å². The van der Waals surface area contributed by atoms with Crippen molar-refractivity contribution >= 4 is 37.8 Å². The maximum atomic E-state index is 12.6. The van der Waals surface area contributed by atoms with Gasteiger partial charge < -0.3 is 14.4 Å². The Morgan fingerprint density at radius 1 is 1.06 bits per heavy atom. The number of aromatic amines is 1. The molecule has 10 heteroatoms. The fourth-order valence-corrected chi connectivity index (χ4v) is 5.26. The second-order valence-corrected chi connectivity index (χ2v) is 9.37. The van der Waals surface area contributed by atoms with Crippen molar-refractivity contribution < 1.29 is 12.9 Å². The SMILES string of the molecule is O=S(=O)(NCCCN1CCN(c2noc3ccccc23)CC1)c1c[nH]c2ncccc12. The minimum atomic E-state index is -3.57. The topological polar surface area (TPSA) is 107 Å². The molecular formula is C21H24N6O3S. The van der Waals surface area contributed by atoms with Gasteiger partial charge in [-0.15, -0.1) is 0 Å². The summed E-state index contributed by atoms with van der Waals surface area (Å²) in [4.78, 5) is 11.9. The number of aromatic nitrogens is 3. The molecule has 1 fully saturated rings. The third-order valence-electron chi connectivity index (χ3n) is 5.68. The van der Waals surface area contributed by atoms with E-state index in [0.717, 1.165) is 55.9 Å². The maximum Gasteiger partial charge on any atom is 0.242 e. The molecule has 31 heavy (non-hydrogen) atoms. The Labute approximate surface area is 180 Å². The van der Waals surface area contributed by atoms with Crippen LogP contribution in [0.25, 0.3) is 22.0 Å². The van der Waals surface area contributed by atoms with Gasteiger partial charge in [0.2, 0.25) is 10.0 Å². The molecule has 0 atom stereocenters. The van der Waals surface area contributed by atoms with Crippen molar-refractivity contribution in [3.05, 3.63) is 48.8 Å². The third kappa shape index (κ3) is 4.01. The zero-order chi connectivity index (χ0) is 21.3. The van der Waals surface area contributed by atoms with Gasteiger partial charge in [0.25, 0.3) is 0 Å². The molecule has 9 nitrogen and oxygen atoms in total. The van der Waals surface area contributed by atoms with Gasteiger partial charge in [0.15, 0.2) is 11.4 Å². The summed E-state index contributed by atoms with van der Waals surface area (Å²) in [7, 11) is -3.57. The molecule has 4 heterocycles. The van der Waals surface area contributed by atoms with Gasteiger partial charge in [0.1, 0.15) is 10.5 Å². The monoisotopic (exact) mass is 440 g/mol. The van der Waals surface area contributed by atoms with Crippen LogP contribution in [0.2, 0.25) is 0 Å². The first kappa shape index (κ1) is 20.0. The van der Waals surface area contributed by atoms with Gasteiger partial charge in [-0.2, -0.15) is 0 Å². The fraction of sp³-hybridized carbons (Fsp3) is 0.333. The lowest BCUT2D eigenvalue weighted by molar-refractivity contribution is 0.254. The van der Waals surface area contributed by atoms with Gasteiger partial charge >= 0.3 is 0 Å². The van der Waals surface area contributed by atoms with E-state index >= 15 is 0 Å².